The number of aromatic nitrogens is 1. The second kappa shape index (κ2) is 6.36. The largest absolute Gasteiger partial charge is 0.378 e. The van der Waals surface area contributed by atoms with Crippen LogP contribution in [0.1, 0.15) is 25.3 Å². The molecule has 0 N–H and O–H groups in total. The van der Waals surface area contributed by atoms with Gasteiger partial charge in [0.05, 0.1) is 6.10 Å². The fraction of sp³-hybridized carbons (Fsp3) is 0.615. The van der Waals surface area contributed by atoms with E-state index in [4.69, 9.17) is 4.74 Å². The maximum Gasteiger partial charge on any atom is 0.128 e. The molecular weight excluding hydrogens is 280 g/mol. The van der Waals surface area contributed by atoms with Crippen molar-refractivity contribution < 1.29 is 4.74 Å². The number of alkyl halides is 1. The molecule has 1 aliphatic rings. The topological polar surface area (TPSA) is 25.4 Å². The van der Waals surface area contributed by atoms with Gasteiger partial charge >= 0.3 is 0 Å². The molecule has 0 unspecified atom stereocenters. The molecule has 1 saturated heterocycles. The molecule has 2 rings (SSSR count). The van der Waals surface area contributed by atoms with E-state index >= 15 is 0 Å². The summed E-state index contributed by atoms with van der Waals surface area (Å²) >= 11 is 3.43. The molecule has 1 aromatic heterocycles. The second-order valence-electron chi connectivity index (χ2n) is 4.30. The molecule has 4 heteroatoms. The molecule has 0 spiro atoms. The average Bonchev–Trinajstić information content (AvgIpc) is 2.40. The summed E-state index contributed by atoms with van der Waals surface area (Å²) in [5.74, 6) is 1.09. The van der Waals surface area contributed by atoms with Crippen LogP contribution in [-0.2, 0) is 10.1 Å². The van der Waals surface area contributed by atoms with Crippen LogP contribution in [0, 0.1) is 0 Å². The molecule has 0 bridgehead atoms. The fourth-order valence-electron chi connectivity index (χ4n) is 2.17. The monoisotopic (exact) mass is 298 g/mol. The number of anilines is 1. The van der Waals surface area contributed by atoms with Gasteiger partial charge in [-0.3, -0.25) is 0 Å². The van der Waals surface area contributed by atoms with Crippen LogP contribution < -0.4 is 4.90 Å². The number of halogens is 1. The highest BCUT2D eigenvalue weighted by Crippen LogP contribution is 2.20. The van der Waals surface area contributed by atoms with E-state index in [2.05, 4.69) is 44.9 Å². The van der Waals surface area contributed by atoms with Crippen LogP contribution >= 0.6 is 15.9 Å². The summed E-state index contributed by atoms with van der Waals surface area (Å²) in [6.45, 7) is 4.98. The lowest BCUT2D eigenvalue weighted by molar-refractivity contribution is 0.0458. The van der Waals surface area contributed by atoms with E-state index in [-0.39, 0.29) is 0 Å². The minimum absolute atomic E-state index is 0.443. The first-order valence-corrected chi connectivity index (χ1v) is 7.33. The zero-order chi connectivity index (χ0) is 12.1. The predicted molar refractivity (Wildman–Crippen MR) is 73.7 cm³/mol. The van der Waals surface area contributed by atoms with Gasteiger partial charge in [0.25, 0.3) is 0 Å². The maximum atomic E-state index is 5.65. The van der Waals surface area contributed by atoms with E-state index in [1.165, 1.54) is 5.56 Å². The Bertz CT molecular complexity index is 334. The number of piperidine rings is 1. The van der Waals surface area contributed by atoms with Gasteiger partial charge in [0, 0.05) is 31.2 Å². The van der Waals surface area contributed by atoms with Crippen molar-refractivity contribution in [1.29, 1.82) is 0 Å². The van der Waals surface area contributed by atoms with E-state index in [0.29, 0.717) is 6.10 Å². The summed E-state index contributed by atoms with van der Waals surface area (Å²) < 4.78 is 5.65. The van der Waals surface area contributed by atoms with E-state index in [1.807, 2.05) is 6.20 Å². The minimum atomic E-state index is 0.443. The molecule has 0 radical (unpaired) electrons. The lowest BCUT2D eigenvalue weighted by atomic mass is 10.1. The van der Waals surface area contributed by atoms with Crippen molar-refractivity contribution in [2.75, 3.05) is 24.6 Å². The quantitative estimate of drug-likeness (QED) is 0.799. The Hall–Kier alpha value is -0.610. The van der Waals surface area contributed by atoms with Crippen LogP contribution in [0.15, 0.2) is 18.3 Å². The van der Waals surface area contributed by atoms with Crippen LogP contribution in [0.5, 0.6) is 0 Å². The molecule has 94 valence electrons. The van der Waals surface area contributed by atoms with Crippen molar-refractivity contribution >= 4 is 21.7 Å². The van der Waals surface area contributed by atoms with Gasteiger partial charge < -0.3 is 9.64 Å². The van der Waals surface area contributed by atoms with Crippen molar-refractivity contribution in [2.24, 2.45) is 0 Å². The first kappa shape index (κ1) is 12.8. The van der Waals surface area contributed by atoms with Crippen molar-refractivity contribution in [3.05, 3.63) is 23.9 Å². The molecule has 0 aromatic carbocycles. The molecule has 0 aliphatic carbocycles. The third-order valence-electron chi connectivity index (χ3n) is 3.13. The fourth-order valence-corrected chi connectivity index (χ4v) is 2.50. The zero-order valence-corrected chi connectivity index (χ0v) is 11.8. The lowest BCUT2D eigenvalue weighted by Crippen LogP contribution is -2.37. The Morgan fingerprint density at radius 1 is 1.41 bits per heavy atom. The Balaban J connectivity index is 1.91. The smallest absolute Gasteiger partial charge is 0.128 e. The Kier molecular flexibility index (Phi) is 4.80. The van der Waals surface area contributed by atoms with Crippen LogP contribution in [-0.4, -0.2) is 30.8 Å². The molecule has 1 aliphatic heterocycles. The molecule has 1 aromatic rings. The zero-order valence-electron chi connectivity index (χ0n) is 10.2. The van der Waals surface area contributed by atoms with Gasteiger partial charge in [-0.2, -0.15) is 0 Å². The van der Waals surface area contributed by atoms with Gasteiger partial charge in [-0.15, -0.1) is 0 Å². The standard InChI is InChI=1S/C13H19BrN2O/c1-2-17-12-5-7-16(8-6-12)13-4-3-11(9-14)10-15-13/h3-4,10,12H,2,5-9H2,1H3. The van der Waals surface area contributed by atoms with Crippen molar-refractivity contribution in [1.82, 2.24) is 4.98 Å². The minimum Gasteiger partial charge on any atom is -0.378 e. The third kappa shape index (κ3) is 3.42. The van der Waals surface area contributed by atoms with Crippen molar-refractivity contribution in [2.45, 2.75) is 31.2 Å². The summed E-state index contributed by atoms with van der Waals surface area (Å²) in [6, 6.07) is 4.24. The number of nitrogens with zero attached hydrogens (tertiary/aromatic N) is 2. The summed E-state index contributed by atoms with van der Waals surface area (Å²) in [6.07, 6.45) is 4.60. The Labute approximate surface area is 111 Å². The van der Waals surface area contributed by atoms with E-state index in [1.54, 1.807) is 0 Å². The highest BCUT2D eigenvalue weighted by molar-refractivity contribution is 9.08. The van der Waals surface area contributed by atoms with Crippen LogP contribution in [0.2, 0.25) is 0 Å². The Morgan fingerprint density at radius 3 is 2.71 bits per heavy atom. The van der Waals surface area contributed by atoms with Crippen molar-refractivity contribution in [3.63, 3.8) is 0 Å². The molecule has 0 amide bonds. The lowest BCUT2D eigenvalue weighted by Gasteiger charge is -2.32. The van der Waals surface area contributed by atoms with Crippen LogP contribution in [0.25, 0.3) is 0 Å². The van der Waals surface area contributed by atoms with Gasteiger partial charge in [-0.25, -0.2) is 4.98 Å². The van der Waals surface area contributed by atoms with Gasteiger partial charge in [0.1, 0.15) is 5.82 Å². The van der Waals surface area contributed by atoms with E-state index in [9.17, 15) is 0 Å². The molecule has 3 nitrogen and oxygen atoms in total. The second-order valence-corrected chi connectivity index (χ2v) is 4.86. The number of rotatable bonds is 4. The van der Waals surface area contributed by atoms with Gasteiger partial charge in [0.15, 0.2) is 0 Å². The van der Waals surface area contributed by atoms with E-state index < -0.39 is 0 Å². The van der Waals surface area contributed by atoms with Gasteiger partial charge in [-0.05, 0) is 31.4 Å². The molecular formula is C13H19BrN2O. The molecule has 0 saturated carbocycles. The Morgan fingerprint density at radius 2 is 2.18 bits per heavy atom. The SMILES string of the molecule is CCOC1CCN(c2ccc(CBr)cn2)CC1. The normalized spacial score (nSPS) is 17.4. The number of pyridine rings is 1. The molecule has 2 heterocycles. The highest BCUT2D eigenvalue weighted by atomic mass is 79.9. The maximum absolute atomic E-state index is 5.65. The van der Waals surface area contributed by atoms with E-state index in [0.717, 1.165) is 43.7 Å². The van der Waals surface area contributed by atoms with Gasteiger partial charge in [0.2, 0.25) is 0 Å². The summed E-state index contributed by atoms with van der Waals surface area (Å²) in [5.41, 5.74) is 1.22. The average molecular weight is 299 g/mol. The molecule has 17 heavy (non-hydrogen) atoms. The van der Waals surface area contributed by atoms with Crippen molar-refractivity contribution in [3.8, 4) is 0 Å². The molecule has 0 atom stereocenters. The summed E-state index contributed by atoms with van der Waals surface area (Å²) in [5, 5.41) is 0.868. The third-order valence-corrected chi connectivity index (χ3v) is 3.78. The molecule has 1 fully saturated rings. The van der Waals surface area contributed by atoms with Crippen LogP contribution in [0.3, 0.4) is 0 Å². The summed E-state index contributed by atoms with van der Waals surface area (Å²) in [4.78, 5) is 6.84. The highest BCUT2D eigenvalue weighted by Gasteiger charge is 2.19. The summed E-state index contributed by atoms with van der Waals surface area (Å²) in [7, 11) is 0. The number of hydrogen-bond acceptors (Lipinski definition) is 3. The number of hydrogen-bond donors (Lipinski definition) is 0. The first-order valence-electron chi connectivity index (χ1n) is 6.21. The number of ether oxygens (including phenoxy) is 1. The predicted octanol–water partition coefficient (Wildman–Crippen LogP) is 2.98. The van der Waals surface area contributed by atoms with Crippen LogP contribution in [0.4, 0.5) is 5.82 Å². The first-order chi connectivity index (χ1) is 8.33. The van der Waals surface area contributed by atoms with Gasteiger partial charge in [-0.1, -0.05) is 22.0 Å².